The maximum absolute atomic E-state index is 12.1. The number of nitrogens with one attached hydrogen (secondary N) is 1. The molecule has 0 atom stereocenters. The summed E-state index contributed by atoms with van der Waals surface area (Å²) in [5, 5.41) is 10.6. The van der Waals surface area contributed by atoms with Crippen molar-refractivity contribution in [1.29, 1.82) is 0 Å². The number of hydrogen-bond donors (Lipinski definition) is 2. The highest BCUT2D eigenvalue weighted by atomic mass is 32.2. The van der Waals surface area contributed by atoms with Crippen molar-refractivity contribution in [2.45, 2.75) is 11.4 Å². The smallest absolute Gasteiger partial charge is 0.271 e. The summed E-state index contributed by atoms with van der Waals surface area (Å²) in [5.41, 5.74) is 5.67. The maximum Gasteiger partial charge on any atom is 0.271 e. The second-order valence-corrected chi connectivity index (χ2v) is 5.86. The molecule has 8 nitrogen and oxygen atoms in total. The molecule has 1 aromatic carbocycles. The highest BCUT2D eigenvalue weighted by molar-refractivity contribution is 7.89. The van der Waals surface area contributed by atoms with E-state index in [2.05, 4.69) is 9.71 Å². The highest BCUT2D eigenvalue weighted by Gasteiger charge is 2.19. The van der Waals surface area contributed by atoms with Crippen LogP contribution in [0.15, 0.2) is 47.5 Å². The van der Waals surface area contributed by atoms with Crippen molar-refractivity contribution in [3.8, 4) is 0 Å². The van der Waals surface area contributed by atoms with Gasteiger partial charge in [-0.25, -0.2) is 13.1 Å². The Morgan fingerprint density at radius 1 is 1.29 bits per heavy atom. The first-order valence-corrected chi connectivity index (χ1v) is 7.32. The fourth-order valence-electron chi connectivity index (χ4n) is 1.64. The Hall–Kier alpha value is -2.52. The van der Waals surface area contributed by atoms with Crippen LogP contribution in [0.25, 0.3) is 0 Å². The Morgan fingerprint density at radius 2 is 2.05 bits per heavy atom. The van der Waals surface area contributed by atoms with Crippen molar-refractivity contribution in [3.63, 3.8) is 0 Å². The second kappa shape index (κ2) is 5.85. The lowest BCUT2D eigenvalue weighted by Gasteiger charge is -2.08. The van der Waals surface area contributed by atoms with Crippen LogP contribution in [-0.4, -0.2) is 18.3 Å². The molecule has 0 aliphatic rings. The number of rotatable bonds is 5. The summed E-state index contributed by atoms with van der Waals surface area (Å²) >= 11 is 0. The molecule has 3 N–H and O–H groups in total. The van der Waals surface area contributed by atoms with Crippen LogP contribution in [0.1, 0.15) is 5.69 Å². The summed E-state index contributed by atoms with van der Waals surface area (Å²) in [6.07, 6.45) is 1.55. The fraction of sp³-hybridized carbons (Fsp3) is 0.0833. The van der Waals surface area contributed by atoms with E-state index in [0.29, 0.717) is 5.69 Å². The van der Waals surface area contributed by atoms with Crippen LogP contribution >= 0.6 is 0 Å². The number of pyridine rings is 1. The zero-order valence-electron chi connectivity index (χ0n) is 10.8. The van der Waals surface area contributed by atoms with E-state index in [1.165, 1.54) is 0 Å². The van der Waals surface area contributed by atoms with E-state index >= 15 is 0 Å². The normalized spacial score (nSPS) is 11.2. The monoisotopic (exact) mass is 308 g/mol. The van der Waals surface area contributed by atoms with Crippen molar-refractivity contribution < 1.29 is 13.3 Å². The maximum atomic E-state index is 12.1. The lowest BCUT2D eigenvalue weighted by Crippen LogP contribution is -2.24. The van der Waals surface area contributed by atoms with Gasteiger partial charge in [-0.05, 0) is 18.2 Å². The van der Waals surface area contributed by atoms with E-state index in [9.17, 15) is 18.5 Å². The molecule has 9 heteroatoms. The predicted molar refractivity (Wildman–Crippen MR) is 75.8 cm³/mol. The van der Waals surface area contributed by atoms with Crippen LogP contribution in [0, 0.1) is 10.1 Å². The zero-order chi connectivity index (χ0) is 15.5. The number of anilines is 1. The summed E-state index contributed by atoms with van der Waals surface area (Å²) in [7, 11) is -3.87. The van der Waals surface area contributed by atoms with Gasteiger partial charge < -0.3 is 5.73 Å². The van der Waals surface area contributed by atoms with Gasteiger partial charge >= 0.3 is 0 Å². The van der Waals surface area contributed by atoms with E-state index in [4.69, 9.17) is 5.73 Å². The van der Waals surface area contributed by atoms with Crippen LogP contribution in [0.5, 0.6) is 0 Å². The van der Waals surface area contributed by atoms with Gasteiger partial charge in [-0.1, -0.05) is 6.07 Å². The molecule has 2 aromatic rings. The first kappa shape index (κ1) is 14.9. The molecular weight excluding hydrogens is 296 g/mol. The Labute approximate surface area is 120 Å². The third-order valence-electron chi connectivity index (χ3n) is 2.66. The topological polar surface area (TPSA) is 128 Å². The number of hydrogen-bond acceptors (Lipinski definition) is 6. The number of sulfonamides is 1. The van der Waals surface area contributed by atoms with Gasteiger partial charge in [0.05, 0.1) is 22.8 Å². The third kappa shape index (κ3) is 3.52. The minimum atomic E-state index is -3.87. The summed E-state index contributed by atoms with van der Waals surface area (Å²) < 4.78 is 26.6. The third-order valence-corrected chi connectivity index (χ3v) is 4.14. The number of nitrogens with zero attached hydrogens (tertiary/aromatic N) is 2. The number of nitro groups is 1. The van der Waals surface area contributed by atoms with Crippen molar-refractivity contribution in [3.05, 3.63) is 58.4 Å². The highest BCUT2D eigenvalue weighted by Crippen LogP contribution is 2.23. The van der Waals surface area contributed by atoms with Gasteiger partial charge in [-0.15, -0.1) is 0 Å². The Morgan fingerprint density at radius 3 is 2.62 bits per heavy atom. The number of benzene rings is 1. The molecule has 0 aliphatic heterocycles. The minimum absolute atomic E-state index is 0.000396. The Kier molecular flexibility index (Phi) is 4.15. The van der Waals surface area contributed by atoms with Gasteiger partial charge in [-0.3, -0.25) is 15.1 Å². The molecule has 0 saturated carbocycles. The number of nitrogens with two attached hydrogens (primary N) is 1. The first-order valence-electron chi connectivity index (χ1n) is 5.83. The van der Waals surface area contributed by atoms with Crippen LogP contribution in [0.4, 0.5) is 11.4 Å². The summed E-state index contributed by atoms with van der Waals surface area (Å²) in [5.74, 6) is 0. The predicted octanol–water partition coefficient (Wildman–Crippen LogP) is 1.05. The van der Waals surface area contributed by atoms with Crippen LogP contribution < -0.4 is 10.5 Å². The summed E-state index contributed by atoms with van der Waals surface area (Å²) in [6, 6.07) is 8.32. The molecule has 0 aliphatic carbocycles. The first-order chi connectivity index (χ1) is 9.90. The van der Waals surface area contributed by atoms with Crippen molar-refractivity contribution in [1.82, 2.24) is 9.71 Å². The average molecular weight is 308 g/mol. The Bertz CT molecular complexity index is 762. The Balaban J connectivity index is 2.22. The molecule has 0 amide bonds. The van der Waals surface area contributed by atoms with Gasteiger partial charge in [0.1, 0.15) is 4.90 Å². The number of non-ortho nitro benzene ring substituents is 1. The quantitative estimate of drug-likeness (QED) is 0.482. The lowest BCUT2D eigenvalue weighted by atomic mass is 10.3. The minimum Gasteiger partial charge on any atom is -0.397 e. The van der Waals surface area contributed by atoms with E-state index in [1.807, 2.05) is 0 Å². The van der Waals surface area contributed by atoms with E-state index in [-0.39, 0.29) is 22.8 Å². The van der Waals surface area contributed by atoms with E-state index in [1.54, 1.807) is 24.4 Å². The molecule has 1 aromatic heterocycles. The molecule has 2 rings (SSSR count). The van der Waals surface area contributed by atoms with Crippen LogP contribution in [-0.2, 0) is 16.6 Å². The summed E-state index contributed by atoms with van der Waals surface area (Å²) in [4.78, 5) is 13.7. The van der Waals surface area contributed by atoms with E-state index < -0.39 is 14.9 Å². The standard InChI is InChI=1S/C12H12N4O4S/c13-11-7-10(16(17)18)4-5-12(11)21(19,20)15-8-9-3-1-2-6-14-9/h1-7,15H,8,13H2. The summed E-state index contributed by atoms with van der Waals surface area (Å²) in [6.45, 7) is -0.000396. The molecular formula is C12H12N4O4S. The molecule has 0 saturated heterocycles. The molecule has 1 heterocycles. The van der Waals surface area contributed by atoms with Gasteiger partial charge in [-0.2, -0.15) is 0 Å². The SMILES string of the molecule is Nc1cc([N+](=O)[O-])ccc1S(=O)(=O)NCc1ccccn1. The van der Waals surface area contributed by atoms with Gasteiger partial charge in [0.15, 0.2) is 0 Å². The van der Waals surface area contributed by atoms with Gasteiger partial charge in [0.25, 0.3) is 5.69 Å². The van der Waals surface area contributed by atoms with Crippen molar-refractivity contribution in [2.24, 2.45) is 0 Å². The molecule has 0 fully saturated rings. The van der Waals surface area contributed by atoms with Crippen LogP contribution in [0.2, 0.25) is 0 Å². The second-order valence-electron chi connectivity index (χ2n) is 4.12. The molecule has 110 valence electrons. The van der Waals surface area contributed by atoms with Crippen molar-refractivity contribution >= 4 is 21.4 Å². The van der Waals surface area contributed by atoms with Crippen LogP contribution in [0.3, 0.4) is 0 Å². The molecule has 0 spiro atoms. The van der Waals surface area contributed by atoms with Gasteiger partial charge in [0, 0.05) is 18.3 Å². The lowest BCUT2D eigenvalue weighted by molar-refractivity contribution is -0.384. The number of aromatic nitrogens is 1. The average Bonchev–Trinajstić information content (AvgIpc) is 2.46. The molecule has 21 heavy (non-hydrogen) atoms. The number of nitro benzene ring substituents is 1. The number of nitrogen functional groups attached to an aromatic ring is 1. The largest absolute Gasteiger partial charge is 0.397 e. The molecule has 0 unspecified atom stereocenters. The molecule has 0 bridgehead atoms. The fourth-order valence-corrected chi connectivity index (χ4v) is 2.75. The van der Waals surface area contributed by atoms with Gasteiger partial charge in [0.2, 0.25) is 10.0 Å². The van der Waals surface area contributed by atoms with E-state index in [0.717, 1.165) is 18.2 Å². The molecule has 0 radical (unpaired) electrons. The zero-order valence-corrected chi connectivity index (χ0v) is 11.6. The van der Waals surface area contributed by atoms with Crippen molar-refractivity contribution in [2.75, 3.05) is 5.73 Å².